The van der Waals surface area contributed by atoms with Crippen molar-refractivity contribution in [1.29, 1.82) is 0 Å². The van der Waals surface area contributed by atoms with Gasteiger partial charge in [0.05, 0.1) is 20.0 Å². The number of nitro groups is 1. The Morgan fingerprint density at radius 3 is 2.33 bits per heavy atom. The fourth-order valence-corrected chi connectivity index (χ4v) is 6.01. The lowest BCUT2D eigenvalue weighted by atomic mass is 10.1. The summed E-state index contributed by atoms with van der Waals surface area (Å²) in [6.07, 6.45) is 1.01. The molecule has 3 aromatic rings. The second kappa shape index (κ2) is 7.93. The van der Waals surface area contributed by atoms with Crippen molar-refractivity contribution in [2.75, 3.05) is 13.1 Å². The molecule has 0 atom stereocenters. The lowest BCUT2D eigenvalue weighted by Gasteiger charge is -2.30. The van der Waals surface area contributed by atoms with E-state index >= 15 is 0 Å². The number of sulfonamides is 1. The smallest absolute Gasteiger partial charge is 0.274 e. The number of benzene rings is 2. The van der Waals surface area contributed by atoms with Crippen LogP contribution >= 0.6 is 11.3 Å². The van der Waals surface area contributed by atoms with Gasteiger partial charge in [0.15, 0.2) is 0 Å². The van der Waals surface area contributed by atoms with Crippen molar-refractivity contribution < 1.29 is 18.1 Å². The number of aromatic nitrogens is 1. The maximum absolute atomic E-state index is 12.8. The Bertz CT molecular complexity index is 1160. The summed E-state index contributed by atoms with van der Waals surface area (Å²) in [4.78, 5) is 14.9. The molecule has 0 N–H and O–H groups in total. The predicted octanol–water partition coefficient (Wildman–Crippen LogP) is 4.05. The van der Waals surface area contributed by atoms with Crippen LogP contribution in [-0.2, 0) is 10.0 Å². The van der Waals surface area contributed by atoms with Crippen LogP contribution in [0.3, 0.4) is 0 Å². The summed E-state index contributed by atoms with van der Waals surface area (Å²) in [7, 11) is -3.69. The molecule has 0 bridgehead atoms. The molecule has 1 fully saturated rings. The summed E-state index contributed by atoms with van der Waals surface area (Å²) in [5.74, 6) is 0. The molecule has 1 aliphatic rings. The van der Waals surface area contributed by atoms with Gasteiger partial charge in [-0.2, -0.15) is 4.31 Å². The number of hydrogen-bond acceptors (Lipinski definition) is 7. The molecule has 1 aliphatic heterocycles. The number of rotatable bonds is 5. The van der Waals surface area contributed by atoms with Crippen molar-refractivity contribution in [2.45, 2.75) is 37.7 Å². The first-order valence-corrected chi connectivity index (χ1v) is 11.8. The van der Waals surface area contributed by atoms with Gasteiger partial charge in [-0.15, -0.1) is 0 Å². The molecule has 0 radical (unpaired) electrons. The molecule has 1 saturated heterocycles. The maximum Gasteiger partial charge on any atom is 0.274 e. The summed E-state index contributed by atoms with van der Waals surface area (Å²) >= 11 is 1.52. The minimum absolute atomic E-state index is 0.0598. The number of non-ortho nitro benzene ring substituents is 1. The van der Waals surface area contributed by atoms with Crippen LogP contribution in [0.15, 0.2) is 41.3 Å². The highest BCUT2D eigenvalue weighted by molar-refractivity contribution is 7.89. The monoisotopic (exact) mass is 447 g/mol. The third-order valence-electron chi connectivity index (χ3n) is 5.28. The molecule has 0 saturated carbocycles. The van der Waals surface area contributed by atoms with E-state index in [-0.39, 0.29) is 16.7 Å². The fraction of sp³-hybridized carbons (Fsp3) is 0.350. The number of hydrogen-bond donors (Lipinski definition) is 0. The standard InChI is InChI=1S/C20H21N3O5S2/c1-13-3-4-14(2)19-18(13)21-20(29-19)28-16-9-11-22(12-10-16)30(26,27)17-7-5-15(6-8-17)23(24)25/h3-8,16H,9-12H2,1-2H3. The molecule has 158 valence electrons. The van der Waals surface area contributed by atoms with Gasteiger partial charge < -0.3 is 4.74 Å². The average Bonchev–Trinajstić information content (AvgIpc) is 3.16. The van der Waals surface area contributed by atoms with Gasteiger partial charge >= 0.3 is 0 Å². The van der Waals surface area contributed by atoms with E-state index in [0.29, 0.717) is 31.1 Å². The summed E-state index contributed by atoms with van der Waals surface area (Å²) in [5, 5.41) is 11.4. The van der Waals surface area contributed by atoms with Gasteiger partial charge in [-0.05, 0) is 49.9 Å². The van der Waals surface area contributed by atoms with Gasteiger partial charge in [-0.25, -0.2) is 13.4 Å². The first-order valence-electron chi connectivity index (χ1n) is 9.54. The Hall–Kier alpha value is -2.56. The van der Waals surface area contributed by atoms with Crippen LogP contribution in [0.5, 0.6) is 5.19 Å². The number of aryl methyl sites for hydroxylation is 2. The molecular weight excluding hydrogens is 426 g/mol. The number of piperidine rings is 1. The maximum atomic E-state index is 12.8. The van der Waals surface area contributed by atoms with Crippen LogP contribution in [0.1, 0.15) is 24.0 Å². The van der Waals surface area contributed by atoms with E-state index in [1.807, 2.05) is 19.9 Å². The highest BCUT2D eigenvalue weighted by Crippen LogP contribution is 2.34. The molecule has 10 heteroatoms. The molecule has 0 aliphatic carbocycles. The number of nitro benzene ring substituents is 1. The molecule has 4 rings (SSSR count). The van der Waals surface area contributed by atoms with E-state index in [1.165, 1.54) is 39.9 Å². The van der Waals surface area contributed by atoms with Crippen LogP contribution in [0.4, 0.5) is 5.69 Å². The fourth-order valence-electron chi connectivity index (χ4n) is 3.51. The Labute approximate surface area is 178 Å². The van der Waals surface area contributed by atoms with Gasteiger partial charge in [-0.3, -0.25) is 10.1 Å². The van der Waals surface area contributed by atoms with Crippen LogP contribution in [0, 0.1) is 24.0 Å². The van der Waals surface area contributed by atoms with Crippen molar-refractivity contribution in [3.8, 4) is 5.19 Å². The van der Waals surface area contributed by atoms with E-state index in [2.05, 4.69) is 11.1 Å². The van der Waals surface area contributed by atoms with Crippen LogP contribution in [-0.4, -0.2) is 41.8 Å². The Morgan fingerprint density at radius 1 is 1.10 bits per heavy atom. The zero-order chi connectivity index (χ0) is 21.5. The molecule has 2 aromatic carbocycles. The molecular formula is C20H21N3O5S2. The Balaban J connectivity index is 1.43. The van der Waals surface area contributed by atoms with E-state index in [0.717, 1.165) is 21.3 Å². The zero-order valence-corrected chi connectivity index (χ0v) is 18.2. The lowest BCUT2D eigenvalue weighted by Crippen LogP contribution is -2.41. The first kappa shape index (κ1) is 20.7. The summed E-state index contributed by atoms with van der Waals surface area (Å²) in [5.41, 5.74) is 3.08. The van der Waals surface area contributed by atoms with E-state index in [9.17, 15) is 18.5 Å². The SMILES string of the molecule is Cc1ccc(C)c2sc(OC3CCN(S(=O)(=O)c4ccc([N+](=O)[O-])cc4)CC3)nc12. The number of ether oxygens (including phenoxy) is 1. The highest BCUT2D eigenvalue weighted by atomic mass is 32.2. The number of fused-ring (bicyclic) bond motifs is 1. The van der Waals surface area contributed by atoms with Crippen molar-refractivity contribution in [3.05, 3.63) is 57.6 Å². The third kappa shape index (κ3) is 3.90. The Morgan fingerprint density at radius 2 is 1.73 bits per heavy atom. The zero-order valence-electron chi connectivity index (χ0n) is 16.6. The molecule has 0 amide bonds. The largest absolute Gasteiger partial charge is 0.467 e. The minimum atomic E-state index is -3.69. The minimum Gasteiger partial charge on any atom is -0.467 e. The van der Waals surface area contributed by atoms with Gasteiger partial charge in [0.2, 0.25) is 10.0 Å². The van der Waals surface area contributed by atoms with Crippen molar-refractivity contribution in [1.82, 2.24) is 9.29 Å². The molecule has 30 heavy (non-hydrogen) atoms. The quantitative estimate of drug-likeness (QED) is 0.432. The normalized spacial score (nSPS) is 16.1. The summed E-state index contributed by atoms with van der Waals surface area (Å²) < 4.78 is 34.2. The van der Waals surface area contributed by atoms with E-state index in [4.69, 9.17) is 4.74 Å². The molecule has 8 nitrogen and oxygen atoms in total. The van der Waals surface area contributed by atoms with Gasteiger partial charge in [0, 0.05) is 25.2 Å². The lowest BCUT2D eigenvalue weighted by molar-refractivity contribution is -0.384. The second-order valence-corrected chi connectivity index (χ2v) is 10.2. The highest BCUT2D eigenvalue weighted by Gasteiger charge is 2.31. The molecule has 2 heterocycles. The van der Waals surface area contributed by atoms with Gasteiger partial charge in [0.1, 0.15) is 6.10 Å². The van der Waals surface area contributed by atoms with Crippen molar-refractivity contribution >= 4 is 37.3 Å². The number of thiazole rings is 1. The second-order valence-electron chi connectivity index (χ2n) is 7.33. The van der Waals surface area contributed by atoms with Gasteiger partial charge in [0.25, 0.3) is 10.9 Å². The predicted molar refractivity (Wildman–Crippen MR) is 115 cm³/mol. The molecule has 0 unspecified atom stereocenters. The topological polar surface area (TPSA) is 103 Å². The first-order chi connectivity index (χ1) is 14.3. The van der Waals surface area contributed by atoms with E-state index in [1.54, 1.807) is 0 Å². The summed E-state index contributed by atoms with van der Waals surface area (Å²) in [6, 6.07) is 9.09. The number of nitrogens with zero attached hydrogens (tertiary/aromatic N) is 3. The van der Waals surface area contributed by atoms with E-state index < -0.39 is 14.9 Å². The van der Waals surface area contributed by atoms with Crippen LogP contribution < -0.4 is 4.74 Å². The molecule has 1 aromatic heterocycles. The molecule has 0 spiro atoms. The van der Waals surface area contributed by atoms with Crippen molar-refractivity contribution in [2.24, 2.45) is 0 Å². The average molecular weight is 448 g/mol. The van der Waals surface area contributed by atoms with Crippen LogP contribution in [0.25, 0.3) is 10.2 Å². The Kier molecular flexibility index (Phi) is 5.48. The third-order valence-corrected chi connectivity index (χ3v) is 8.27. The van der Waals surface area contributed by atoms with Crippen molar-refractivity contribution in [3.63, 3.8) is 0 Å². The van der Waals surface area contributed by atoms with Crippen LogP contribution in [0.2, 0.25) is 0 Å². The van der Waals surface area contributed by atoms with Gasteiger partial charge in [-0.1, -0.05) is 23.5 Å². The summed E-state index contributed by atoms with van der Waals surface area (Å²) in [6.45, 7) is 4.72.